The van der Waals surface area contributed by atoms with Crippen molar-refractivity contribution < 1.29 is 18.7 Å². The molecule has 1 N–H and O–H groups in total. The second-order valence-electron chi connectivity index (χ2n) is 4.86. The fourth-order valence-corrected chi connectivity index (χ4v) is 2.20. The number of carbonyl (C=O) groups excluding carboxylic acids is 1. The third-order valence-corrected chi connectivity index (χ3v) is 3.48. The molecule has 0 fully saturated rings. The SMILES string of the molecule is COCCOCCCNC(=O)c1ccc(-c2ccccc2Cl)o1. The lowest BCUT2D eigenvalue weighted by Crippen LogP contribution is -2.25. The highest BCUT2D eigenvalue weighted by Crippen LogP contribution is 2.28. The van der Waals surface area contributed by atoms with E-state index < -0.39 is 0 Å². The van der Waals surface area contributed by atoms with E-state index in [1.54, 1.807) is 25.3 Å². The van der Waals surface area contributed by atoms with E-state index in [1.807, 2.05) is 18.2 Å². The standard InChI is InChI=1S/C17H20ClNO4/c1-21-11-12-22-10-4-9-19-17(20)16-8-7-15(23-16)13-5-2-3-6-14(13)18/h2-3,5-8H,4,9-12H2,1H3,(H,19,20). The van der Waals surface area contributed by atoms with Crippen LogP contribution < -0.4 is 5.32 Å². The second-order valence-corrected chi connectivity index (χ2v) is 5.27. The molecule has 0 spiro atoms. The molecule has 0 aliphatic carbocycles. The number of carbonyl (C=O) groups is 1. The molecule has 0 saturated carbocycles. The van der Waals surface area contributed by atoms with Crippen molar-refractivity contribution in [1.82, 2.24) is 5.32 Å². The van der Waals surface area contributed by atoms with Crippen LogP contribution in [-0.2, 0) is 9.47 Å². The third-order valence-electron chi connectivity index (χ3n) is 3.15. The number of halogens is 1. The Labute approximate surface area is 140 Å². The van der Waals surface area contributed by atoms with Crippen LogP contribution in [0.15, 0.2) is 40.8 Å². The number of rotatable bonds is 9. The first kappa shape index (κ1) is 17.5. The monoisotopic (exact) mass is 337 g/mol. The number of amides is 1. The summed E-state index contributed by atoms with van der Waals surface area (Å²) in [6, 6.07) is 10.7. The molecule has 1 aromatic carbocycles. The molecule has 23 heavy (non-hydrogen) atoms. The predicted molar refractivity (Wildman–Crippen MR) is 88.8 cm³/mol. The lowest BCUT2D eigenvalue weighted by molar-refractivity contribution is 0.0687. The van der Waals surface area contributed by atoms with E-state index in [0.29, 0.717) is 37.1 Å². The minimum atomic E-state index is -0.250. The molecule has 124 valence electrons. The average molecular weight is 338 g/mol. The Morgan fingerprint density at radius 2 is 2.00 bits per heavy atom. The summed E-state index contributed by atoms with van der Waals surface area (Å²) in [7, 11) is 1.63. The first-order chi connectivity index (χ1) is 11.2. The van der Waals surface area contributed by atoms with Crippen molar-refractivity contribution in [3.63, 3.8) is 0 Å². The van der Waals surface area contributed by atoms with Gasteiger partial charge < -0.3 is 19.2 Å². The van der Waals surface area contributed by atoms with Crippen molar-refractivity contribution in [1.29, 1.82) is 0 Å². The summed E-state index contributed by atoms with van der Waals surface area (Å²) in [4.78, 5) is 12.0. The van der Waals surface area contributed by atoms with E-state index in [-0.39, 0.29) is 11.7 Å². The van der Waals surface area contributed by atoms with Crippen molar-refractivity contribution in [2.24, 2.45) is 0 Å². The van der Waals surface area contributed by atoms with Crippen molar-refractivity contribution in [3.05, 3.63) is 47.2 Å². The minimum absolute atomic E-state index is 0.250. The van der Waals surface area contributed by atoms with Crippen molar-refractivity contribution in [3.8, 4) is 11.3 Å². The van der Waals surface area contributed by atoms with Crippen LogP contribution in [0.5, 0.6) is 0 Å². The Kier molecular flexibility index (Phi) is 7.13. The first-order valence-electron chi connectivity index (χ1n) is 7.42. The molecular weight excluding hydrogens is 318 g/mol. The van der Waals surface area contributed by atoms with Crippen LogP contribution in [0, 0.1) is 0 Å². The minimum Gasteiger partial charge on any atom is -0.451 e. The van der Waals surface area contributed by atoms with Crippen LogP contribution >= 0.6 is 11.6 Å². The Balaban J connectivity index is 1.79. The zero-order valence-corrected chi connectivity index (χ0v) is 13.8. The van der Waals surface area contributed by atoms with Crippen LogP contribution in [0.1, 0.15) is 17.0 Å². The highest BCUT2D eigenvalue weighted by molar-refractivity contribution is 6.33. The topological polar surface area (TPSA) is 60.7 Å². The van der Waals surface area contributed by atoms with E-state index >= 15 is 0 Å². The fraction of sp³-hybridized carbons (Fsp3) is 0.353. The molecule has 0 aliphatic heterocycles. The zero-order chi connectivity index (χ0) is 16.5. The molecular formula is C17H20ClNO4. The summed E-state index contributed by atoms with van der Waals surface area (Å²) in [5, 5.41) is 3.38. The predicted octanol–water partition coefficient (Wildman–Crippen LogP) is 3.38. The molecule has 1 aromatic heterocycles. The summed E-state index contributed by atoms with van der Waals surface area (Å²) in [5.74, 6) is 0.587. The van der Waals surface area contributed by atoms with Gasteiger partial charge in [-0.25, -0.2) is 0 Å². The first-order valence-corrected chi connectivity index (χ1v) is 7.80. The Hall–Kier alpha value is -1.82. The number of hydrogen-bond donors (Lipinski definition) is 1. The van der Waals surface area contributed by atoms with E-state index in [0.717, 1.165) is 12.0 Å². The Morgan fingerprint density at radius 3 is 2.78 bits per heavy atom. The van der Waals surface area contributed by atoms with Gasteiger partial charge in [-0.15, -0.1) is 0 Å². The molecule has 5 nitrogen and oxygen atoms in total. The number of furan rings is 1. The lowest BCUT2D eigenvalue weighted by Gasteiger charge is -2.05. The van der Waals surface area contributed by atoms with E-state index in [9.17, 15) is 4.79 Å². The fourth-order valence-electron chi connectivity index (χ4n) is 1.97. The summed E-state index contributed by atoms with van der Waals surface area (Å²) >= 11 is 6.12. The molecule has 0 bridgehead atoms. The molecule has 0 radical (unpaired) electrons. The number of methoxy groups -OCH3 is 1. The number of hydrogen-bond acceptors (Lipinski definition) is 4. The van der Waals surface area contributed by atoms with Gasteiger partial charge in [-0.3, -0.25) is 4.79 Å². The van der Waals surface area contributed by atoms with Crippen LogP contribution in [0.4, 0.5) is 0 Å². The Bertz CT molecular complexity index is 627. The van der Waals surface area contributed by atoms with Crippen molar-refractivity contribution in [2.75, 3.05) is 33.5 Å². The lowest BCUT2D eigenvalue weighted by atomic mass is 10.2. The maximum Gasteiger partial charge on any atom is 0.287 e. The normalized spacial score (nSPS) is 10.7. The second kappa shape index (κ2) is 9.35. The molecule has 2 aromatic rings. The van der Waals surface area contributed by atoms with Gasteiger partial charge in [0.15, 0.2) is 5.76 Å². The smallest absolute Gasteiger partial charge is 0.287 e. The summed E-state index contributed by atoms with van der Waals surface area (Å²) in [6.07, 6.45) is 0.730. The summed E-state index contributed by atoms with van der Waals surface area (Å²) < 4.78 is 15.8. The average Bonchev–Trinajstić information content (AvgIpc) is 3.04. The molecule has 0 saturated heterocycles. The molecule has 2 rings (SSSR count). The quantitative estimate of drug-likeness (QED) is 0.712. The van der Waals surface area contributed by atoms with Gasteiger partial charge in [0.1, 0.15) is 5.76 Å². The van der Waals surface area contributed by atoms with E-state index in [4.69, 9.17) is 25.5 Å². The molecule has 0 aliphatic rings. The highest BCUT2D eigenvalue weighted by Gasteiger charge is 2.13. The largest absolute Gasteiger partial charge is 0.451 e. The molecule has 0 unspecified atom stereocenters. The van der Waals surface area contributed by atoms with Crippen LogP contribution in [0.3, 0.4) is 0 Å². The van der Waals surface area contributed by atoms with Crippen LogP contribution in [0.25, 0.3) is 11.3 Å². The van der Waals surface area contributed by atoms with Gasteiger partial charge in [-0.1, -0.05) is 23.7 Å². The van der Waals surface area contributed by atoms with E-state index in [2.05, 4.69) is 5.32 Å². The summed E-state index contributed by atoms with van der Waals surface area (Å²) in [5.41, 5.74) is 0.764. The molecule has 1 amide bonds. The van der Waals surface area contributed by atoms with Crippen molar-refractivity contribution in [2.45, 2.75) is 6.42 Å². The van der Waals surface area contributed by atoms with E-state index in [1.165, 1.54) is 0 Å². The van der Waals surface area contributed by atoms with Gasteiger partial charge >= 0.3 is 0 Å². The van der Waals surface area contributed by atoms with Gasteiger partial charge in [0.05, 0.1) is 18.2 Å². The zero-order valence-electron chi connectivity index (χ0n) is 13.0. The van der Waals surface area contributed by atoms with Gasteiger partial charge in [-0.2, -0.15) is 0 Å². The van der Waals surface area contributed by atoms with Gasteiger partial charge in [0.25, 0.3) is 5.91 Å². The van der Waals surface area contributed by atoms with Crippen LogP contribution in [0.2, 0.25) is 5.02 Å². The highest BCUT2D eigenvalue weighted by atomic mass is 35.5. The Morgan fingerprint density at radius 1 is 1.17 bits per heavy atom. The molecule has 0 atom stereocenters. The number of benzene rings is 1. The van der Waals surface area contributed by atoms with Gasteiger partial charge in [0, 0.05) is 25.8 Å². The number of ether oxygens (including phenoxy) is 2. The van der Waals surface area contributed by atoms with Gasteiger partial charge in [-0.05, 0) is 30.7 Å². The maximum absolute atomic E-state index is 12.0. The van der Waals surface area contributed by atoms with Gasteiger partial charge in [0.2, 0.25) is 0 Å². The maximum atomic E-state index is 12.0. The number of nitrogens with one attached hydrogen (secondary N) is 1. The summed E-state index contributed by atoms with van der Waals surface area (Å²) in [6.45, 7) is 2.23. The molecule has 6 heteroatoms. The van der Waals surface area contributed by atoms with Crippen molar-refractivity contribution >= 4 is 17.5 Å². The molecule has 1 heterocycles. The third kappa shape index (κ3) is 5.39. The van der Waals surface area contributed by atoms with Crippen LogP contribution in [-0.4, -0.2) is 39.4 Å².